The molecule has 0 spiro atoms. The predicted molar refractivity (Wildman–Crippen MR) is 106 cm³/mol. The molecule has 1 fully saturated rings. The molecule has 1 aliphatic rings. The minimum absolute atomic E-state index is 0.151. The predicted octanol–water partition coefficient (Wildman–Crippen LogP) is 1.34. The Kier molecular flexibility index (Phi) is 6.18. The van der Waals surface area contributed by atoms with Gasteiger partial charge in [-0.05, 0) is 38.1 Å². The van der Waals surface area contributed by atoms with Crippen molar-refractivity contribution in [1.82, 2.24) is 14.9 Å². The summed E-state index contributed by atoms with van der Waals surface area (Å²) in [6.07, 6.45) is 0.163. The van der Waals surface area contributed by atoms with Gasteiger partial charge in [0.15, 0.2) is 0 Å². The normalized spacial score (nSPS) is 15.1. The van der Waals surface area contributed by atoms with Crippen LogP contribution >= 0.6 is 0 Å². The summed E-state index contributed by atoms with van der Waals surface area (Å²) >= 11 is 0. The summed E-state index contributed by atoms with van der Waals surface area (Å²) in [6, 6.07) is 9.20. The van der Waals surface area contributed by atoms with E-state index in [-0.39, 0.29) is 17.6 Å². The Morgan fingerprint density at radius 1 is 1.15 bits per heavy atom. The molecule has 1 aliphatic heterocycles. The van der Waals surface area contributed by atoms with E-state index in [0.29, 0.717) is 12.4 Å². The molecule has 27 heavy (non-hydrogen) atoms. The van der Waals surface area contributed by atoms with Crippen LogP contribution in [-0.2, 0) is 0 Å². The van der Waals surface area contributed by atoms with Crippen LogP contribution in [0, 0.1) is 0 Å². The highest BCUT2D eigenvalue weighted by Crippen LogP contribution is 2.18. The fourth-order valence-electron chi connectivity index (χ4n) is 3.00. The van der Waals surface area contributed by atoms with Crippen molar-refractivity contribution < 1.29 is 9.47 Å². The highest BCUT2D eigenvalue weighted by molar-refractivity contribution is 5.41. The first kappa shape index (κ1) is 19.0. The summed E-state index contributed by atoms with van der Waals surface area (Å²) in [4.78, 5) is 22.6. The zero-order valence-corrected chi connectivity index (χ0v) is 15.9. The molecular weight excluding hydrogens is 346 g/mol. The van der Waals surface area contributed by atoms with E-state index < -0.39 is 0 Å². The second-order valence-electron chi connectivity index (χ2n) is 6.80. The number of hydrogen-bond acceptors (Lipinski definition) is 7. The summed E-state index contributed by atoms with van der Waals surface area (Å²) in [5.74, 6) is 2.48. The van der Waals surface area contributed by atoms with Crippen molar-refractivity contribution in [3.05, 3.63) is 40.7 Å². The molecule has 146 valence electrons. The van der Waals surface area contributed by atoms with E-state index in [0.717, 1.165) is 44.2 Å². The molecule has 8 heteroatoms. The lowest BCUT2D eigenvalue weighted by molar-refractivity contribution is 0.200. The van der Waals surface area contributed by atoms with Crippen LogP contribution < -0.4 is 25.7 Å². The molecule has 0 saturated carbocycles. The first-order valence-electron chi connectivity index (χ1n) is 9.23. The van der Waals surface area contributed by atoms with Crippen LogP contribution in [0.2, 0.25) is 0 Å². The maximum absolute atomic E-state index is 11.5. The van der Waals surface area contributed by atoms with Gasteiger partial charge in [0.2, 0.25) is 5.95 Å². The fraction of sp³-hybridized carbons (Fsp3) is 0.474. The second kappa shape index (κ2) is 8.77. The summed E-state index contributed by atoms with van der Waals surface area (Å²) < 4.78 is 11.5. The molecule has 1 saturated heterocycles. The minimum atomic E-state index is -0.224. The standard InChI is InChI=1S/C19H27N5O3/c1-14(2)27-16-5-3-15(4-6-16)26-12-11-23-7-9-24(10-8-23)17-13-18(25)22-19(20)21-17/h3-6,13-14H,7-12H2,1-2H3,(H3,20,21,22,25). The molecule has 0 bridgehead atoms. The number of benzene rings is 1. The van der Waals surface area contributed by atoms with Gasteiger partial charge in [-0.25, -0.2) is 0 Å². The number of hydrogen-bond donors (Lipinski definition) is 2. The van der Waals surface area contributed by atoms with Crippen LogP contribution in [0.3, 0.4) is 0 Å². The van der Waals surface area contributed by atoms with Gasteiger partial charge in [0.05, 0.1) is 6.10 Å². The van der Waals surface area contributed by atoms with Crippen molar-refractivity contribution in [3.63, 3.8) is 0 Å². The van der Waals surface area contributed by atoms with E-state index in [1.165, 1.54) is 6.07 Å². The van der Waals surface area contributed by atoms with Crippen LogP contribution in [-0.4, -0.2) is 60.3 Å². The molecule has 8 nitrogen and oxygen atoms in total. The van der Waals surface area contributed by atoms with Gasteiger partial charge < -0.3 is 20.1 Å². The van der Waals surface area contributed by atoms with Crippen molar-refractivity contribution in [2.45, 2.75) is 20.0 Å². The van der Waals surface area contributed by atoms with E-state index in [4.69, 9.17) is 15.2 Å². The number of aromatic amines is 1. The maximum Gasteiger partial charge on any atom is 0.254 e. The number of aromatic nitrogens is 2. The van der Waals surface area contributed by atoms with E-state index in [9.17, 15) is 4.79 Å². The molecule has 1 aromatic heterocycles. The van der Waals surface area contributed by atoms with Crippen molar-refractivity contribution in [1.29, 1.82) is 0 Å². The van der Waals surface area contributed by atoms with E-state index in [2.05, 4.69) is 19.8 Å². The molecule has 2 heterocycles. The molecule has 3 rings (SSSR count). The van der Waals surface area contributed by atoms with Crippen molar-refractivity contribution in [3.8, 4) is 11.5 Å². The van der Waals surface area contributed by atoms with Crippen LogP contribution in [0.1, 0.15) is 13.8 Å². The summed E-state index contributed by atoms with van der Waals surface area (Å²) in [7, 11) is 0. The van der Waals surface area contributed by atoms with E-state index in [1.54, 1.807) is 0 Å². The minimum Gasteiger partial charge on any atom is -0.492 e. The van der Waals surface area contributed by atoms with Crippen LogP contribution in [0.15, 0.2) is 35.1 Å². The lowest BCUT2D eigenvalue weighted by Crippen LogP contribution is -2.48. The Morgan fingerprint density at radius 2 is 1.81 bits per heavy atom. The molecule has 2 aromatic rings. The number of nitrogens with two attached hydrogens (primary N) is 1. The third-order valence-corrected chi connectivity index (χ3v) is 4.31. The molecule has 0 unspecified atom stereocenters. The third kappa shape index (κ3) is 5.62. The summed E-state index contributed by atoms with van der Waals surface area (Å²) in [5.41, 5.74) is 5.40. The molecule has 3 N–H and O–H groups in total. The molecule has 0 radical (unpaired) electrons. The Hall–Kier alpha value is -2.74. The Labute approximate surface area is 158 Å². The maximum atomic E-state index is 11.5. The monoisotopic (exact) mass is 373 g/mol. The van der Waals surface area contributed by atoms with Gasteiger partial charge in [0.25, 0.3) is 5.56 Å². The second-order valence-corrected chi connectivity index (χ2v) is 6.80. The molecule has 0 atom stereocenters. The van der Waals surface area contributed by atoms with Gasteiger partial charge in [0, 0.05) is 38.8 Å². The fourth-order valence-corrected chi connectivity index (χ4v) is 3.00. The number of nitrogen functional groups attached to an aromatic ring is 1. The number of ether oxygens (including phenoxy) is 2. The smallest absolute Gasteiger partial charge is 0.254 e. The molecule has 0 aliphatic carbocycles. The average molecular weight is 373 g/mol. The highest BCUT2D eigenvalue weighted by Gasteiger charge is 2.18. The lowest BCUT2D eigenvalue weighted by atomic mass is 10.3. The first-order chi connectivity index (χ1) is 13.0. The van der Waals surface area contributed by atoms with Gasteiger partial charge in [0.1, 0.15) is 23.9 Å². The zero-order valence-electron chi connectivity index (χ0n) is 15.9. The first-order valence-corrected chi connectivity index (χ1v) is 9.23. The van der Waals surface area contributed by atoms with E-state index >= 15 is 0 Å². The van der Waals surface area contributed by atoms with Crippen molar-refractivity contribution in [2.24, 2.45) is 0 Å². The highest BCUT2D eigenvalue weighted by atomic mass is 16.5. The number of piperazine rings is 1. The van der Waals surface area contributed by atoms with Gasteiger partial charge in [-0.2, -0.15) is 4.98 Å². The van der Waals surface area contributed by atoms with Gasteiger partial charge in [-0.1, -0.05) is 0 Å². The largest absolute Gasteiger partial charge is 0.492 e. The summed E-state index contributed by atoms with van der Waals surface area (Å²) in [6.45, 7) is 8.87. The number of nitrogens with one attached hydrogen (secondary N) is 1. The van der Waals surface area contributed by atoms with Crippen LogP contribution in [0.4, 0.5) is 11.8 Å². The van der Waals surface area contributed by atoms with E-state index in [1.807, 2.05) is 38.1 Å². The average Bonchev–Trinajstić information content (AvgIpc) is 2.62. The van der Waals surface area contributed by atoms with Crippen LogP contribution in [0.5, 0.6) is 11.5 Å². The SMILES string of the molecule is CC(C)Oc1ccc(OCCN2CCN(c3cc(=O)[nH]c(N)n3)CC2)cc1. The van der Waals surface area contributed by atoms with Gasteiger partial charge in [-0.15, -0.1) is 0 Å². The van der Waals surface area contributed by atoms with Gasteiger partial charge >= 0.3 is 0 Å². The molecule has 0 amide bonds. The molecular formula is C19H27N5O3. The Morgan fingerprint density at radius 3 is 2.44 bits per heavy atom. The Balaban J connectivity index is 1.41. The lowest BCUT2D eigenvalue weighted by Gasteiger charge is -2.35. The topological polar surface area (TPSA) is 96.7 Å². The quantitative estimate of drug-likeness (QED) is 0.756. The van der Waals surface area contributed by atoms with Crippen molar-refractivity contribution >= 4 is 11.8 Å². The Bertz CT molecular complexity index is 783. The number of H-pyrrole nitrogens is 1. The zero-order chi connectivity index (χ0) is 19.2. The summed E-state index contributed by atoms with van der Waals surface area (Å²) in [5, 5.41) is 0. The third-order valence-electron chi connectivity index (χ3n) is 4.31. The van der Waals surface area contributed by atoms with Crippen molar-refractivity contribution in [2.75, 3.05) is 50.0 Å². The van der Waals surface area contributed by atoms with Crippen LogP contribution in [0.25, 0.3) is 0 Å². The number of rotatable bonds is 7. The number of nitrogens with zero attached hydrogens (tertiary/aromatic N) is 3. The van der Waals surface area contributed by atoms with Gasteiger partial charge in [-0.3, -0.25) is 14.7 Å². The number of anilines is 2. The molecule has 1 aromatic carbocycles.